The molecule has 0 unspecified atom stereocenters. The van der Waals surface area contributed by atoms with Gasteiger partial charge in [0.15, 0.2) is 0 Å². The highest BCUT2D eigenvalue weighted by Crippen LogP contribution is 2.39. The maximum atomic E-state index is 13.0. The van der Waals surface area contributed by atoms with Crippen molar-refractivity contribution in [2.24, 2.45) is 0 Å². The molecular weight excluding hydrogens is 326 g/mol. The van der Waals surface area contributed by atoms with Crippen LogP contribution in [0.3, 0.4) is 0 Å². The predicted molar refractivity (Wildman–Crippen MR) is 98.1 cm³/mol. The Hall–Kier alpha value is -3.02. The highest BCUT2D eigenvalue weighted by Gasteiger charge is 2.32. The Labute approximate surface area is 152 Å². The van der Waals surface area contributed by atoms with Crippen LogP contribution in [0.15, 0.2) is 54.7 Å². The van der Waals surface area contributed by atoms with E-state index in [1.165, 1.54) is 0 Å². The zero-order chi connectivity index (χ0) is 18.1. The average molecular weight is 347 g/mol. The maximum Gasteiger partial charge on any atom is 0.293 e. The Morgan fingerprint density at radius 3 is 2.54 bits per heavy atom. The van der Waals surface area contributed by atoms with E-state index in [1.54, 1.807) is 18.1 Å². The van der Waals surface area contributed by atoms with Crippen LogP contribution in [0.4, 0.5) is 0 Å². The SMILES string of the molecule is C[C@H](c1ccccn1)N(C)C(=O)c1nc(C2CC2)n(-c2ccccc2)n1. The minimum atomic E-state index is -0.195. The summed E-state index contributed by atoms with van der Waals surface area (Å²) in [5.74, 6) is 1.31. The molecule has 0 bridgehead atoms. The van der Waals surface area contributed by atoms with Crippen molar-refractivity contribution in [1.29, 1.82) is 0 Å². The highest BCUT2D eigenvalue weighted by atomic mass is 16.2. The Bertz CT molecular complexity index is 902. The molecule has 0 spiro atoms. The molecule has 3 aromatic rings. The second kappa shape index (κ2) is 6.71. The molecule has 1 saturated carbocycles. The molecular formula is C20H21N5O. The lowest BCUT2D eigenvalue weighted by molar-refractivity contribution is 0.0727. The van der Waals surface area contributed by atoms with E-state index < -0.39 is 0 Å². The normalized spacial score (nSPS) is 14.8. The number of amides is 1. The lowest BCUT2D eigenvalue weighted by Crippen LogP contribution is -2.31. The molecule has 132 valence electrons. The molecule has 1 fully saturated rings. The van der Waals surface area contributed by atoms with Crippen molar-refractivity contribution in [1.82, 2.24) is 24.6 Å². The fourth-order valence-corrected chi connectivity index (χ4v) is 2.93. The van der Waals surface area contributed by atoms with Crippen molar-refractivity contribution in [3.63, 3.8) is 0 Å². The molecule has 0 N–H and O–H groups in total. The van der Waals surface area contributed by atoms with E-state index in [9.17, 15) is 4.79 Å². The molecule has 1 atom stereocenters. The molecule has 1 aliphatic carbocycles. The van der Waals surface area contributed by atoms with Crippen molar-refractivity contribution in [2.75, 3.05) is 7.05 Å². The van der Waals surface area contributed by atoms with Crippen LogP contribution in [-0.4, -0.2) is 37.6 Å². The van der Waals surface area contributed by atoms with Crippen LogP contribution in [0.1, 0.15) is 53.9 Å². The third-order valence-corrected chi connectivity index (χ3v) is 4.78. The number of hydrogen-bond acceptors (Lipinski definition) is 4. The first-order valence-electron chi connectivity index (χ1n) is 8.85. The number of para-hydroxylation sites is 1. The molecule has 6 nitrogen and oxygen atoms in total. The minimum Gasteiger partial charge on any atom is -0.331 e. The molecule has 2 aromatic heterocycles. The summed E-state index contributed by atoms with van der Waals surface area (Å²) in [4.78, 5) is 23.5. The Kier molecular flexibility index (Phi) is 4.24. The van der Waals surface area contributed by atoms with E-state index in [2.05, 4.69) is 15.1 Å². The molecule has 6 heteroatoms. The van der Waals surface area contributed by atoms with Crippen LogP contribution in [0.5, 0.6) is 0 Å². The number of aromatic nitrogens is 4. The molecule has 0 radical (unpaired) electrons. The van der Waals surface area contributed by atoms with Gasteiger partial charge in [0, 0.05) is 19.2 Å². The van der Waals surface area contributed by atoms with Gasteiger partial charge in [-0.15, -0.1) is 5.10 Å². The summed E-state index contributed by atoms with van der Waals surface area (Å²) in [6, 6.07) is 15.4. The van der Waals surface area contributed by atoms with Gasteiger partial charge in [-0.2, -0.15) is 0 Å². The quantitative estimate of drug-likeness (QED) is 0.710. The summed E-state index contributed by atoms with van der Waals surface area (Å²) in [6.07, 6.45) is 3.93. The van der Waals surface area contributed by atoms with Gasteiger partial charge in [0.1, 0.15) is 5.82 Å². The van der Waals surface area contributed by atoms with E-state index in [0.717, 1.165) is 30.0 Å². The number of carbonyl (C=O) groups excluding carboxylic acids is 1. The van der Waals surface area contributed by atoms with Crippen LogP contribution < -0.4 is 0 Å². The third-order valence-electron chi connectivity index (χ3n) is 4.78. The first-order valence-corrected chi connectivity index (χ1v) is 8.85. The van der Waals surface area contributed by atoms with Crippen molar-refractivity contribution in [3.05, 3.63) is 72.1 Å². The maximum absolute atomic E-state index is 13.0. The second-order valence-corrected chi connectivity index (χ2v) is 6.66. The fourth-order valence-electron chi connectivity index (χ4n) is 2.93. The van der Waals surface area contributed by atoms with Crippen molar-refractivity contribution >= 4 is 5.91 Å². The second-order valence-electron chi connectivity index (χ2n) is 6.66. The van der Waals surface area contributed by atoms with Gasteiger partial charge in [0.05, 0.1) is 17.4 Å². The number of benzene rings is 1. The number of pyridine rings is 1. The third kappa shape index (κ3) is 3.10. The molecule has 0 saturated heterocycles. The van der Waals surface area contributed by atoms with Gasteiger partial charge >= 0.3 is 0 Å². The molecule has 2 heterocycles. The molecule has 1 aromatic carbocycles. The lowest BCUT2D eigenvalue weighted by atomic mass is 10.2. The van der Waals surface area contributed by atoms with Gasteiger partial charge in [-0.1, -0.05) is 24.3 Å². The van der Waals surface area contributed by atoms with E-state index in [4.69, 9.17) is 0 Å². The van der Waals surface area contributed by atoms with Crippen molar-refractivity contribution in [2.45, 2.75) is 31.7 Å². The largest absolute Gasteiger partial charge is 0.331 e. The number of hydrogen-bond donors (Lipinski definition) is 0. The van der Waals surface area contributed by atoms with Crippen LogP contribution >= 0.6 is 0 Å². The Morgan fingerprint density at radius 2 is 1.88 bits per heavy atom. The van der Waals surface area contributed by atoms with E-state index in [0.29, 0.717) is 5.92 Å². The monoisotopic (exact) mass is 347 g/mol. The zero-order valence-corrected chi connectivity index (χ0v) is 14.9. The molecule has 1 aliphatic rings. The topological polar surface area (TPSA) is 63.9 Å². The average Bonchev–Trinajstić information content (AvgIpc) is 3.45. The summed E-state index contributed by atoms with van der Waals surface area (Å²) >= 11 is 0. The fraction of sp³-hybridized carbons (Fsp3) is 0.300. The summed E-state index contributed by atoms with van der Waals surface area (Å²) in [5, 5.41) is 4.53. The number of rotatable bonds is 5. The van der Waals surface area contributed by atoms with Crippen LogP contribution in [0, 0.1) is 0 Å². The van der Waals surface area contributed by atoms with Gasteiger partial charge in [0.25, 0.3) is 5.91 Å². The zero-order valence-electron chi connectivity index (χ0n) is 14.9. The summed E-state index contributed by atoms with van der Waals surface area (Å²) in [6.45, 7) is 1.95. The Morgan fingerprint density at radius 1 is 1.15 bits per heavy atom. The summed E-state index contributed by atoms with van der Waals surface area (Å²) in [5.41, 5.74) is 1.77. The minimum absolute atomic E-state index is 0.156. The summed E-state index contributed by atoms with van der Waals surface area (Å²) in [7, 11) is 1.77. The van der Waals surface area contributed by atoms with Gasteiger partial charge in [0.2, 0.25) is 5.82 Å². The van der Waals surface area contributed by atoms with Gasteiger partial charge in [-0.05, 0) is 44.0 Å². The van der Waals surface area contributed by atoms with Crippen molar-refractivity contribution < 1.29 is 4.79 Å². The molecule has 1 amide bonds. The van der Waals surface area contributed by atoms with Crippen molar-refractivity contribution in [3.8, 4) is 5.69 Å². The van der Waals surface area contributed by atoms with E-state index in [-0.39, 0.29) is 17.8 Å². The van der Waals surface area contributed by atoms with Gasteiger partial charge < -0.3 is 4.90 Å². The first kappa shape index (κ1) is 16.4. The highest BCUT2D eigenvalue weighted by molar-refractivity contribution is 5.90. The number of carbonyl (C=O) groups is 1. The summed E-state index contributed by atoms with van der Waals surface area (Å²) < 4.78 is 1.81. The van der Waals surface area contributed by atoms with Crippen LogP contribution in [-0.2, 0) is 0 Å². The molecule has 0 aliphatic heterocycles. The predicted octanol–water partition coefficient (Wildman–Crippen LogP) is 3.37. The standard InChI is InChI=1S/C20H21N5O/c1-14(17-10-6-7-13-21-17)24(2)20(26)18-22-19(15-11-12-15)25(23-18)16-8-4-3-5-9-16/h3-10,13-15H,11-12H2,1-2H3/t14-/m1/s1. The van der Waals surface area contributed by atoms with E-state index in [1.807, 2.05) is 60.1 Å². The molecule has 4 rings (SSSR count). The van der Waals surface area contributed by atoms with Gasteiger partial charge in [-0.25, -0.2) is 9.67 Å². The van der Waals surface area contributed by atoms with Crippen LogP contribution in [0.2, 0.25) is 0 Å². The smallest absolute Gasteiger partial charge is 0.293 e. The first-order chi connectivity index (χ1) is 12.6. The lowest BCUT2D eigenvalue weighted by Gasteiger charge is -2.23. The number of nitrogens with zero attached hydrogens (tertiary/aromatic N) is 5. The van der Waals surface area contributed by atoms with Gasteiger partial charge in [-0.3, -0.25) is 9.78 Å². The Balaban J connectivity index is 1.64. The molecule has 26 heavy (non-hydrogen) atoms. The van der Waals surface area contributed by atoms with Crippen LogP contribution in [0.25, 0.3) is 5.69 Å². The van der Waals surface area contributed by atoms with E-state index >= 15 is 0 Å².